The Bertz CT molecular complexity index is 525. The van der Waals surface area contributed by atoms with Gasteiger partial charge in [-0.1, -0.05) is 57.8 Å². The van der Waals surface area contributed by atoms with Crippen molar-refractivity contribution >= 4 is 16.1 Å². The first-order valence-corrected chi connectivity index (χ1v) is 12.1. The van der Waals surface area contributed by atoms with E-state index in [1.807, 2.05) is 0 Å². The summed E-state index contributed by atoms with van der Waals surface area (Å²) in [6.07, 6.45) is 13.3. The van der Waals surface area contributed by atoms with E-state index in [9.17, 15) is 13.2 Å². The highest BCUT2D eigenvalue weighted by Gasteiger charge is 2.51. The van der Waals surface area contributed by atoms with Crippen molar-refractivity contribution in [2.75, 3.05) is 6.61 Å². The van der Waals surface area contributed by atoms with E-state index in [2.05, 4.69) is 4.74 Å². The molecule has 0 unspecified atom stereocenters. The molecule has 1 fully saturated rings. The van der Waals surface area contributed by atoms with Crippen molar-refractivity contribution < 1.29 is 23.1 Å². The van der Waals surface area contributed by atoms with Crippen LogP contribution in [0.5, 0.6) is 0 Å². The number of aliphatic hydroxyl groups excluding tert-OH is 1. The van der Waals surface area contributed by atoms with Gasteiger partial charge in [0.15, 0.2) is 0 Å². The number of ether oxygens (including phenoxy) is 1. The number of primary sulfonamides is 1. The van der Waals surface area contributed by atoms with Crippen LogP contribution >= 0.6 is 0 Å². The lowest BCUT2D eigenvalue weighted by Gasteiger charge is -2.16. The second kappa shape index (κ2) is 13.4. The van der Waals surface area contributed by atoms with E-state index in [0.29, 0.717) is 6.61 Å². The molecule has 7 nitrogen and oxygen atoms in total. The predicted molar refractivity (Wildman–Crippen MR) is 113 cm³/mol. The Morgan fingerprint density at radius 1 is 0.929 bits per heavy atom. The molecule has 1 aliphatic rings. The lowest BCUT2D eigenvalue weighted by molar-refractivity contribution is 0.0600. The second-order valence-electron chi connectivity index (χ2n) is 8.77. The topological polar surface area (TPSA) is 133 Å². The number of hydrogen-bond donors (Lipinski definition) is 3. The van der Waals surface area contributed by atoms with Gasteiger partial charge in [0.25, 0.3) is 0 Å². The predicted octanol–water partition coefficient (Wildman–Crippen LogP) is 3.97. The van der Waals surface area contributed by atoms with Crippen molar-refractivity contribution in [2.24, 2.45) is 10.9 Å². The number of hydrogen-bond acceptors (Lipinski definition) is 5. The first-order valence-electron chi connectivity index (χ1n) is 10.6. The number of unbranched alkanes of at least 4 members (excludes halogenated alkanes) is 9. The Hall–Kier alpha value is -0.860. The van der Waals surface area contributed by atoms with Gasteiger partial charge in [-0.3, -0.25) is 0 Å². The summed E-state index contributed by atoms with van der Waals surface area (Å²) in [5.74, 6) is 0. The fourth-order valence-electron chi connectivity index (χ4n) is 3.09. The molecule has 5 N–H and O–H groups in total. The Morgan fingerprint density at radius 2 is 1.32 bits per heavy atom. The van der Waals surface area contributed by atoms with Gasteiger partial charge < -0.3 is 15.6 Å². The van der Waals surface area contributed by atoms with Gasteiger partial charge >= 0.3 is 6.09 Å². The number of aliphatic hydroxyl groups is 1. The summed E-state index contributed by atoms with van der Waals surface area (Å²) in [5, 5.41) is 13.9. The summed E-state index contributed by atoms with van der Waals surface area (Å²) >= 11 is 0. The Morgan fingerprint density at radius 3 is 1.57 bits per heavy atom. The van der Waals surface area contributed by atoms with Gasteiger partial charge in [0, 0.05) is 6.61 Å². The molecule has 1 saturated carbocycles. The van der Waals surface area contributed by atoms with Crippen LogP contribution in [0.1, 0.15) is 104 Å². The summed E-state index contributed by atoms with van der Waals surface area (Å²) in [7, 11) is -3.32. The minimum atomic E-state index is -3.32. The first-order chi connectivity index (χ1) is 12.9. The average molecular weight is 423 g/mol. The number of carbonyl (C=O) groups is 1. The third-order valence-electron chi connectivity index (χ3n) is 4.86. The number of nitrogens with two attached hydrogens (primary N) is 2. The fourth-order valence-corrected chi connectivity index (χ4v) is 4.19. The van der Waals surface area contributed by atoms with Gasteiger partial charge in [-0.05, 0) is 46.5 Å². The Labute approximate surface area is 171 Å². The lowest BCUT2D eigenvalue weighted by atomic mass is 10.0. The lowest BCUT2D eigenvalue weighted by Crippen LogP contribution is -2.30. The zero-order valence-electron chi connectivity index (χ0n) is 18.0. The molecule has 168 valence electrons. The van der Waals surface area contributed by atoms with Gasteiger partial charge in [0.1, 0.15) is 5.60 Å². The van der Waals surface area contributed by atoms with E-state index in [1.54, 1.807) is 20.8 Å². The molecule has 0 saturated heterocycles. The molecule has 0 spiro atoms. The molecule has 0 aromatic carbocycles. The zero-order chi connectivity index (χ0) is 21.7. The normalized spacial score (nSPS) is 15.5. The molecule has 28 heavy (non-hydrogen) atoms. The van der Waals surface area contributed by atoms with E-state index < -0.39 is 26.5 Å². The minimum Gasteiger partial charge on any atom is -0.444 e. The van der Waals surface area contributed by atoms with Gasteiger partial charge in [-0.15, -0.1) is 0 Å². The number of rotatable bonds is 13. The molecule has 0 heterocycles. The molecular weight excluding hydrogens is 380 g/mol. The van der Waals surface area contributed by atoms with Crippen LogP contribution < -0.4 is 10.9 Å². The largest absolute Gasteiger partial charge is 0.444 e. The highest BCUT2D eigenvalue weighted by Crippen LogP contribution is 2.46. The van der Waals surface area contributed by atoms with Crippen LogP contribution in [0, 0.1) is 0 Å². The molecular formula is C20H42N2O5S. The maximum Gasteiger partial charge on any atom is 0.405 e. The van der Waals surface area contributed by atoms with Gasteiger partial charge in [0.05, 0.1) is 4.75 Å². The number of carbonyl (C=O) groups excluding carboxylic acids is 1. The van der Waals surface area contributed by atoms with Crippen molar-refractivity contribution in [3.05, 3.63) is 0 Å². The highest BCUT2D eigenvalue weighted by atomic mass is 32.2. The van der Waals surface area contributed by atoms with Crippen LogP contribution in [0.3, 0.4) is 0 Å². The zero-order valence-corrected chi connectivity index (χ0v) is 18.9. The van der Waals surface area contributed by atoms with Crippen molar-refractivity contribution in [1.82, 2.24) is 0 Å². The fraction of sp³-hybridized carbons (Fsp3) is 0.950. The molecule has 8 heteroatoms. The van der Waals surface area contributed by atoms with Crippen LogP contribution in [-0.2, 0) is 14.8 Å². The quantitative estimate of drug-likeness (QED) is 0.386. The van der Waals surface area contributed by atoms with Crippen LogP contribution in [0.2, 0.25) is 0 Å². The van der Waals surface area contributed by atoms with E-state index in [4.69, 9.17) is 16.0 Å². The number of primary amides is 1. The summed E-state index contributed by atoms with van der Waals surface area (Å²) in [5.41, 5.74) is 4.26. The molecule has 1 rings (SSSR count). The molecule has 0 aromatic rings. The smallest absolute Gasteiger partial charge is 0.405 e. The Kier molecular flexibility index (Phi) is 13.0. The van der Waals surface area contributed by atoms with Gasteiger partial charge in [-0.25, -0.2) is 18.4 Å². The second-order valence-corrected chi connectivity index (χ2v) is 10.7. The SMILES string of the molecule is CC(C)(C)OC(N)=O.NS(=O)(=O)C1(CCCCCCCCCCCCO)CC1. The van der Waals surface area contributed by atoms with E-state index in [0.717, 1.165) is 44.9 Å². The summed E-state index contributed by atoms with van der Waals surface area (Å²) < 4.78 is 26.8. The van der Waals surface area contributed by atoms with Crippen molar-refractivity contribution in [2.45, 2.75) is 115 Å². The van der Waals surface area contributed by atoms with Gasteiger partial charge in [-0.2, -0.15) is 0 Å². The van der Waals surface area contributed by atoms with Crippen molar-refractivity contribution in [3.63, 3.8) is 0 Å². The van der Waals surface area contributed by atoms with E-state index in [-0.39, 0.29) is 0 Å². The van der Waals surface area contributed by atoms with Crippen LogP contribution in [0.4, 0.5) is 4.79 Å². The third-order valence-corrected chi connectivity index (χ3v) is 6.68. The molecule has 1 aliphatic carbocycles. The summed E-state index contributed by atoms with van der Waals surface area (Å²) in [6.45, 7) is 5.60. The molecule has 0 aliphatic heterocycles. The van der Waals surface area contributed by atoms with E-state index >= 15 is 0 Å². The maximum atomic E-state index is 11.4. The van der Waals surface area contributed by atoms with Crippen molar-refractivity contribution in [1.29, 1.82) is 0 Å². The van der Waals surface area contributed by atoms with Crippen molar-refractivity contribution in [3.8, 4) is 0 Å². The summed E-state index contributed by atoms with van der Waals surface area (Å²) in [4.78, 5) is 10.0. The molecule has 0 aromatic heterocycles. The maximum absolute atomic E-state index is 11.4. The first kappa shape index (κ1) is 27.1. The summed E-state index contributed by atoms with van der Waals surface area (Å²) in [6, 6.07) is 0. The molecule has 1 amide bonds. The van der Waals surface area contributed by atoms with E-state index in [1.165, 1.54) is 38.5 Å². The van der Waals surface area contributed by atoms with Crippen LogP contribution in [0.25, 0.3) is 0 Å². The molecule has 0 atom stereocenters. The molecule has 0 bridgehead atoms. The average Bonchev–Trinajstić information content (AvgIpc) is 3.32. The standard InChI is InChI=1S/C15H31NO3S.C5H11NO2/c16-20(18,19)15(12-13-15)11-9-7-5-3-1-2-4-6-8-10-14-17;1-5(2,3)8-4(6)7/h17H,1-14H2,(H2,16,18,19);1-3H3,(H2,6,7). The monoisotopic (exact) mass is 422 g/mol. The van der Waals surface area contributed by atoms with Gasteiger partial charge in [0.2, 0.25) is 10.0 Å². The Balaban J connectivity index is 0.000000769. The number of amides is 1. The third kappa shape index (κ3) is 14.2. The van der Waals surface area contributed by atoms with Crippen LogP contribution in [0.15, 0.2) is 0 Å². The highest BCUT2D eigenvalue weighted by molar-refractivity contribution is 7.90. The minimum absolute atomic E-state index is 0.319. The number of sulfonamides is 1. The van der Waals surface area contributed by atoms with Crippen LogP contribution in [-0.4, -0.2) is 36.6 Å². The molecule has 0 radical (unpaired) electrons.